The Labute approximate surface area is 74.3 Å². The summed E-state index contributed by atoms with van der Waals surface area (Å²) in [4.78, 5) is 4.81. The van der Waals surface area contributed by atoms with Crippen molar-refractivity contribution in [2.75, 3.05) is 33.8 Å². The van der Waals surface area contributed by atoms with Gasteiger partial charge >= 0.3 is 0 Å². The van der Waals surface area contributed by atoms with Gasteiger partial charge in [-0.2, -0.15) is 0 Å². The maximum Gasteiger partial charge on any atom is 0.0895 e. The lowest BCUT2D eigenvalue weighted by atomic mass is 10.1. The van der Waals surface area contributed by atoms with E-state index >= 15 is 0 Å². The van der Waals surface area contributed by atoms with Crippen LogP contribution in [0.25, 0.3) is 0 Å². The Bertz CT molecular complexity index is 174. The largest absolute Gasteiger partial charge is 0.374 e. The summed E-state index contributed by atoms with van der Waals surface area (Å²) >= 11 is 0. The highest BCUT2D eigenvalue weighted by molar-refractivity contribution is 4.97. The number of rotatable bonds is 0. The number of likely N-dealkylation sites (tertiary alicyclic amines) is 1. The van der Waals surface area contributed by atoms with Crippen molar-refractivity contribution < 1.29 is 4.74 Å². The minimum atomic E-state index is 0.439. The molecule has 0 aromatic heterocycles. The SMILES string of the molecule is C[C@@H]1C2OCCN(C)C2CN1C. The minimum Gasteiger partial charge on any atom is -0.374 e. The standard InChI is InChI=1S/C9H18N2O/c1-7-9-8(6-11(7)3)10(2)4-5-12-9/h7-9H,4-6H2,1-3H3/t7-,8?,9?/m1/s1. The maximum absolute atomic E-state index is 5.77. The van der Waals surface area contributed by atoms with Crippen molar-refractivity contribution in [1.29, 1.82) is 0 Å². The van der Waals surface area contributed by atoms with Crippen molar-refractivity contribution in [3.8, 4) is 0 Å². The summed E-state index contributed by atoms with van der Waals surface area (Å²) in [7, 11) is 4.38. The normalized spacial score (nSPS) is 44.8. The van der Waals surface area contributed by atoms with E-state index in [4.69, 9.17) is 4.74 Å². The average Bonchev–Trinajstić information content (AvgIpc) is 2.32. The van der Waals surface area contributed by atoms with Gasteiger partial charge in [0.25, 0.3) is 0 Å². The van der Waals surface area contributed by atoms with Crippen LogP contribution in [0.3, 0.4) is 0 Å². The van der Waals surface area contributed by atoms with Gasteiger partial charge in [-0.15, -0.1) is 0 Å². The van der Waals surface area contributed by atoms with Crippen LogP contribution in [0.1, 0.15) is 6.92 Å². The zero-order chi connectivity index (χ0) is 8.72. The molecule has 2 unspecified atom stereocenters. The Hall–Kier alpha value is -0.120. The average molecular weight is 170 g/mol. The Morgan fingerprint density at radius 3 is 2.67 bits per heavy atom. The fraction of sp³-hybridized carbons (Fsp3) is 1.00. The van der Waals surface area contributed by atoms with E-state index in [1.165, 1.54) is 0 Å². The van der Waals surface area contributed by atoms with Crippen LogP contribution < -0.4 is 0 Å². The van der Waals surface area contributed by atoms with E-state index in [9.17, 15) is 0 Å². The molecule has 2 heterocycles. The fourth-order valence-corrected chi connectivity index (χ4v) is 2.28. The third-order valence-corrected chi connectivity index (χ3v) is 3.35. The third kappa shape index (κ3) is 1.16. The molecule has 2 rings (SSSR count). The molecule has 2 aliphatic heterocycles. The highest BCUT2D eigenvalue weighted by Crippen LogP contribution is 2.25. The molecule has 3 heteroatoms. The van der Waals surface area contributed by atoms with Gasteiger partial charge in [0.05, 0.1) is 12.7 Å². The lowest BCUT2D eigenvalue weighted by Gasteiger charge is -2.35. The molecule has 0 aromatic rings. The second-order valence-corrected chi connectivity index (χ2v) is 4.06. The van der Waals surface area contributed by atoms with Crippen LogP contribution >= 0.6 is 0 Å². The van der Waals surface area contributed by atoms with Gasteiger partial charge in [-0.3, -0.25) is 9.80 Å². The van der Waals surface area contributed by atoms with Gasteiger partial charge in [0.15, 0.2) is 0 Å². The summed E-state index contributed by atoms with van der Waals surface area (Å²) < 4.78 is 5.77. The van der Waals surface area contributed by atoms with Gasteiger partial charge in [-0.05, 0) is 21.0 Å². The summed E-state index contributed by atoms with van der Waals surface area (Å²) in [6, 6.07) is 1.21. The van der Waals surface area contributed by atoms with Gasteiger partial charge < -0.3 is 4.74 Å². The second-order valence-electron chi connectivity index (χ2n) is 4.06. The molecule has 0 bridgehead atoms. The Kier molecular flexibility index (Phi) is 2.10. The van der Waals surface area contributed by atoms with Gasteiger partial charge in [-0.1, -0.05) is 0 Å². The summed E-state index contributed by atoms with van der Waals surface area (Å²) in [5.41, 5.74) is 0. The predicted octanol–water partition coefficient (Wildman–Crippen LogP) is 0.0195. The molecule has 3 nitrogen and oxygen atoms in total. The molecule has 0 amide bonds. The number of likely N-dealkylation sites (N-methyl/N-ethyl adjacent to an activating group) is 2. The molecule has 12 heavy (non-hydrogen) atoms. The van der Waals surface area contributed by atoms with E-state index in [1.807, 2.05) is 0 Å². The van der Waals surface area contributed by atoms with Gasteiger partial charge in [-0.25, -0.2) is 0 Å². The molecular weight excluding hydrogens is 152 g/mol. The fourth-order valence-electron chi connectivity index (χ4n) is 2.28. The first-order chi connectivity index (χ1) is 5.70. The van der Waals surface area contributed by atoms with Gasteiger partial charge in [0, 0.05) is 25.2 Å². The highest BCUT2D eigenvalue weighted by atomic mass is 16.5. The van der Waals surface area contributed by atoms with Crippen molar-refractivity contribution in [2.24, 2.45) is 0 Å². The third-order valence-electron chi connectivity index (χ3n) is 3.35. The van der Waals surface area contributed by atoms with Crippen LogP contribution in [0.15, 0.2) is 0 Å². The minimum absolute atomic E-state index is 0.439. The lowest BCUT2D eigenvalue weighted by molar-refractivity contribution is -0.0502. The molecule has 70 valence electrons. The number of hydrogen-bond donors (Lipinski definition) is 0. The number of hydrogen-bond acceptors (Lipinski definition) is 3. The Balaban J connectivity index is 2.10. The first-order valence-electron chi connectivity index (χ1n) is 4.72. The van der Waals surface area contributed by atoms with E-state index in [-0.39, 0.29) is 0 Å². The second kappa shape index (κ2) is 2.98. The van der Waals surface area contributed by atoms with Crippen LogP contribution in [0, 0.1) is 0 Å². The van der Waals surface area contributed by atoms with Crippen molar-refractivity contribution in [2.45, 2.75) is 25.1 Å². The molecule has 2 saturated heterocycles. The van der Waals surface area contributed by atoms with Crippen molar-refractivity contribution >= 4 is 0 Å². The molecule has 0 radical (unpaired) electrons. The molecule has 2 aliphatic rings. The summed E-state index contributed by atoms with van der Waals surface area (Å²) in [6.45, 7) is 5.39. The maximum atomic E-state index is 5.77. The van der Waals surface area contributed by atoms with Crippen molar-refractivity contribution in [1.82, 2.24) is 9.80 Å². The zero-order valence-electron chi connectivity index (χ0n) is 8.16. The van der Waals surface area contributed by atoms with Crippen molar-refractivity contribution in [3.05, 3.63) is 0 Å². The van der Waals surface area contributed by atoms with Crippen LogP contribution in [-0.4, -0.2) is 61.8 Å². The van der Waals surface area contributed by atoms with Crippen LogP contribution in [-0.2, 0) is 4.74 Å². The predicted molar refractivity (Wildman–Crippen MR) is 48.3 cm³/mol. The molecule has 2 fully saturated rings. The summed E-state index contributed by atoms with van der Waals surface area (Å²) in [5, 5.41) is 0. The number of ether oxygens (including phenoxy) is 1. The first-order valence-corrected chi connectivity index (χ1v) is 4.72. The smallest absolute Gasteiger partial charge is 0.0895 e. The van der Waals surface area contributed by atoms with Crippen LogP contribution in [0.2, 0.25) is 0 Å². The molecule has 0 aromatic carbocycles. The van der Waals surface area contributed by atoms with E-state index in [0.29, 0.717) is 18.2 Å². The van der Waals surface area contributed by atoms with Crippen LogP contribution in [0.4, 0.5) is 0 Å². The van der Waals surface area contributed by atoms with Gasteiger partial charge in [0.1, 0.15) is 0 Å². The molecule has 0 N–H and O–H groups in total. The van der Waals surface area contributed by atoms with Crippen molar-refractivity contribution in [3.63, 3.8) is 0 Å². The van der Waals surface area contributed by atoms with Gasteiger partial charge in [0.2, 0.25) is 0 Å². The van der Waals surface area contributed by atoms with E-state index in [1.54, 1.807) is 0 Å². The number of nitrogens with zero attached hydrogens (tertiary/aromatic N) is 2. The quantitative estimate of drug-likeness (QED) is 0.510. The summed E-state index contributed by atoms with van der Waals surface area (Å²) in [5.74, 6) is 0. The zero-order valence-corrected chi connectivity index (χ0v) is 8.16. The molecule has 0 aliphatic carbocycles. The van der Waals surface area contributed by atoms with E-state index in [0.717, 1.165) is 19.7 Å². The topological polar surface area (TPSA) is 15.7 Å². The highest BCUT2D eigenvalue weighted by Gasteiger charge is 2.42. The molecule has 0 saturated carbocycles. The molecule has 0 spiro atoms. The molecular formula is C9H18N2O. The number of morpholine rings is 1. The molecule has 3 atom stereocenters. The monoisotopic (exact) mass is 170 g/mol. The number of fused-ring (bicyclic) bond motifs is 1. The van der Waals surface area contributed by atoms with E-state index < -0.39 is 0 Å². The Morgan fingerprint density at radius 2 is 2.00 bits per heavy atom. The summed E-state index contributed by atoms with van der Waals surface area (Å²) in [6.07, 6.45) is 0.439. The van der Waals surface area contributed by atoms with E-state index in [2.05, 4.69) is 30.8 Å². The first kappa shape index (κ1) is 8.48. The van der Waals surface area contributed by atoms with Crippen LogP contribution in [0.5, 0.6) is 0 Å². The Morgan fingerprint density at radius 1 is 1.25 bits per heavy atom. The lowest BCUT2D eigenvalue weighted by Crippen LogP contribution is -2.49.